The number of imidazole rings is 1. The van der Waals surface area contributed by atoms with E-state index in [9.17, 15) is 9.50 Å². The lowest BCUT2D eigenvalue weighted by Crippen LogP contribution is -2.61. The van der Waals surface area contributed by atoms with Crippen LogP contribution in [-0.4, -0.2) is 56.4 Å². The van der Waals surface area contributed by atoms with Crippen molar-refractivity contribution in [2.24, 2.45) is 0 Å². The lowest BCUT2D eigenvalue weighted by atomic mass is 9.82. The van der Waals surface area contributed by atoms with Gasteiger partial charge in [0.1, 0.15) is 23.6 Å². The molecule has 2 aliphatic heterocycles. The summed E-state index contributed by atoms with van der Waals surface area (Å²) in [5, 5.41) is 13.7. The van der Waals surface area contributed by atoms with Crippen LogP contribution in [0.2, 0.25) is 0 Å². The monoisotopic (exact) mass is 426 g/mol. The number of piperidine rings is 2. The maximum absolute atomic E-state index is 15.0. The van der Waals surface area contributed by atoms with Gasteiger partial charge in [-0.25, -0.2) is 18.7 Å². The fourth-order valence-corrected chi connectivity index (χ4v) is 4.74. The normalized spacial score (nSPS) is 25.4. The summed E-state index contributed by atoms with van der Waals surface area (Å²) >= 11 is 0. The number of benzene rings is 1. The Bertz CT molecular complexity index is 1060. The van der Waals surface area contributed by atoms with Gasteiger partial charge in [0.25, 0.3) is 0 Å². The number of hydrogen-bond acceptors (Lipinski definition) is 6. The second-order valence-electron chi connectivity index (χ2n) is 8.33. The summed E-state index contributed by atoms with van der Waals surface area (Å²) in [4.78, 5) is 17.5. The Morgan fingerprint density at radius 1 is 1.13 bits per heavy atom. The topological polar surface area (TPSA) is 90.0 Å². The van der Waals surface area contributed by atoms with E-state index in [4.69, 9.17) is 0 Å². The van der Waals surface area contributed by atoms with Gasteiger partial charge in [-0.1, -0.05) is 6.42 Å². The second-order valence-corrected chi connectivity index (χ2v) is 8.33. The van der Waals surface area contributed by atoms with Crippen LogP contribution in [0.15, 0.2) is 37.1 Å². The van der Waals surface area contributed by atoms with E-state index in [-0.39, 0.29) is 23.4 Å². The van der Waals surface area contributed by atoms with Crippen LogP contribution in [-0.2, 0) is 0 Å². The van der Waals surface area contributed by atoms with E-state index in [2.05, 4.69) is 25.3 Å². The SMILES string of the molecule is CN(c1cnc(-c2cc(-c3cnc[nH]3)c(F)cc2O)cn1)[C@@H]1CC2CCCC(N2)[C@@H]1F. The van der Waals surface area contributed by atoms with Gasteiger partial charge in [0.2, 0.25) is 0 Å². The maximum atomic E-state index is 15.0. The van der Waals surface area contributed by atoms with Crippen LogP contribution < -0.4 is 10.2 Å². The molecule has 9 heteroatoms. The van der Waals surface area contributed by atoms with Gasteiger partial charge >= 0.3 is 0 Å². The van der Waals surface area contributed by atoms with Gasteiger partial charge in [-0.3, -0.25) is 4.98 Å². The van der Waals surface area contributed by atoms with Crippen molar-refractivity contribution in [3.8, 4) is 28.3 Å². The van der Waals surface area contributed by atoms with E-state index in [1.165, 1.54) is 24.8 Å². The van der Waals surface area contributed by atoms with Crippen LogP contribution in [0.5, 0.6) is 5.75 Å². The summed E-state index contributed by atoms with van der Waals surface area (Å²) in [7, 11) is 1.84. The molecule has 0 saturated carbocycles. The van der Waals surface area contributed by atoms with Crippen LogP contribution >= 0.6 is 0 Å². The van der Waals surface area contributed by atoms with Gasteiger partial charge in [-0.15, -0.1) is 0 Å². The van der Waals surface area contributed by atoms with Crippen molar-refractivity contribution in [2.75, 3.05) is 11.9 Å². The number of aromatic nitrogens is 4. The lowest BCUT2D eigenvalue weighted by Gasteiger charge is -2.46. The van der Waals surface area contributed by atoms with Gasteiger partial charge in [0.15, 0.2) is 0 Å². The van der Waals surface area contributed by atoms with E-state index < -0.39 is 12.0 Å². The molecule has 1 aromatic carbocycles. The molecule has 0 amide bonds. The summed E-state index contributed by atoms with van der Waals surface area (Å²) < 4.78 is 29.4. The molecule has 0 radical (unpaired) electrons. The maximum Gasteiger partial charge on any atom is 0.147 e. The predicted octanol–water partition coefficient (Wildman–Crippen LogP) is 3.44. The number of alkyl halides is 1. The number of nitrogens with one attached hydrogen (secondary N) is 2. The Morgan fingerprint density at radius 3 is 2.74 bits per heavy atom. The Balaban J connectivity index is 1.41. The fraction of sp³-hybridized carbons (Fsp3) is 0.409. The number of halogens is 2. The standard InChI is InChI=1S/C22H24F2N6O/c1-30(19-5-12-3-2-4-16(29-12)22(19)24)21-10-26-18(9-27-21)14-6-13(15(23)7-20(14)31)17-8-25-11-28-17/h6-12,16,19,22,29,31H,2-5H2,1H3,(H,25,28)/t12?,16?,19-,22+/m1/s1. The molecular formula is C22H24F2N6O. The van der Waals surface area contributed by atoms with Gasteiger partial charge in [0.05, 0.1) is 42.3 Å². The smallest absolute Gasteiger partial charge is 0.147 e. The number of aromatic hydroxyl groups is 1. The molecule has 5 rings (SSSR count). The van der Waals surface area contributed by atoms with Gasteiger partial charge in [0, 0.05) is 36.3 Å². The zero-order chi connectivity index (χ0) is 21.5. The highest BCUT2D eigenvalue weighted by atomic mass is 19.1. The molecule has 2 saturated heterocycles. The Hall–Kier alpha value is -3.07. The van der Waals surface area contributed by atoms with Crippen molar-refractivity contribution >= 4 is 5.82 Å². The molecule has 7 nitrogen and oxygen atoms in total. The van der Waals surface area contributed by atoms with Crippen molar-refractivity contribution in [1.29, 1.82) is 0 Å². The zero-order valence-electron chi connectivity index (χ0n) is 17.1. The highest BCUT2D eigenvalue weighted by Crippen LogP contribution is 2.35. The molecule has 2 bridgehead atoms. The first-order valence-electron chi connectivity index (χ1n) is 10.5. The number of phenolic OH excluding ortho intramolecular Hbond substituents is 1. The number of rotatable bonds is 4. The van der Waals surface area contributed by atoms with E-state index >= 15 is 4.39 Å². The van der Waals surface area contributed by atoms with E-state index in [0.717, 1.165) is 31.7 Å². The summed E-state index contributed by atoms with van der Waals surface area (Å²) in [6.45, 7) is 0. The largest absolute Gasteiger partial charge is 0.507 e. The lowest BCUT2D eigenvalue weighted by molar-refractivity contribution is 0.107. The molecule has 4 heterocycles. The number of anilines is 1. The molecule has 2 fully saturated rings. The number of hydrogen-bond donors (Lipinski definition) is 3. The first kappa shape index (κ1) is 19.9. The third kappa shape index (κ3) is 3.63. The average molecular weight is 426 g/mol. The van der Waals surface area contributed by atoms with Crippen LogP contribution in [0, 0.1) is 5.82 Å². The first-order chi connectivity index (χ1) is 15.0. The molecule has 2 aliphatic rings. The molecule has 2 unspecified atom stereocenters. The summed E-state index contributed by atoms with van der Waals surface area (Å²) in [5.74, 6) is -0.238. The Morgan fingerprint density at radius 2 is 2.00 bits per heavy atom. The van der Waals surface area contributed by atoms with Crippen LogP contribution in [0.3, 0.4) is 0 Å². The summed E-state index contributed by atoms with van der Waals surface area (Å²) in [5.41, 5.74) is 1.52. The van der Waals surface area contributed by atoms with Gasteiger partial charge < -0.3 is 20.3 Å². The molecule has 2 aromatic heterocycles. The van der Waals surface area contributed by atoms with E-state index in [0.29, 0.717) is 28.8 Å². The highest BCUT2D eigenvalue weighted by Gasteiger charge is 2.41. The number of fused-ring (bicyclic) bond motifs is 2. The van der Waals surface area contributed by atoms with Crippen molar-refractivity contribution in [3.63, 3.8) is 0 Å². The number of H-pyrrole nitrogens is 1. The number of nitrogens with zero attached hydrogens (tertiary/aromatic N) is 4. The van der Waals surface area contributed by atoms with Gasteiger partial charge in [-0.2, -0.15) is 0 Å². The average Bonchev–Trinajstić information content (AvgIpc) is 3.31. The first-order valence-corrected chi connectivity index (χ1v) is 10.5. The molecule has 4 atom stereocenters. The molecule has 31 heavy (non-hydrogen) atoms. The molecule has 3 aromatic rings. The molecule has 0 spiro atoms. The summed E-state index contributed by atoms with van der Waals surface area (Å²) in [6, 6.07) is 2.53. The fourth-order valence-electron chi connectivity index (χ4n) is 4.74. The van der Waals surface area contributed by atoms with Crippen molar-refractivity contribution in [2.45, 2.75) is 50.0 Å². The molecule has 3 N–H and O–H groups in total. The van der Waals surface area contributed by atoms with Gasteiger partial charge in [-0.05, 0) is 25.3 Å². The molecular weight excluding hydrogens is 402 g/mol. The molecule has 0 aliphatic carbocycles. The Kier molecular flexibility index (Phi) is 5.05. The van der Waals surface area contributed by atoms with E-state index in [1.807, 2.05) is 11.9 Å². The summed E-state index contributed by atoms with van der Waals surface area (Å²) in [6.07, 6.45) is 8.79. The minimum Gasteiger partial charge on any atom is -0.507 e. The van der Waals surface area contributed by atoms with Crippen LogP contribution in [0.1, 0.15) is 25.7 Å². The number of aromatic amines is 1. The van der Waals surface area contributed by atoms with Crippen molar-refractivity contribution < 1.29 is 13.9 Å². The Labute approximate surface area is 178 Å². The van der Waals surface area contributed by atoms with Crippen LogP contribution in [0.4, 0.5) is 14.6 Å². The predicted molar refractivity (Wildman–Crippen MR) is 113 cm³/mol. The minimum atomic E-state index is -0.971. The zero-order valence-corrected chi connectivity index (χ0v) is 17.1. The van der Waals surface area contributed by atoms with Crippen molar-refractivity contribution in [1.82, 2.24) is 25.3 Å². The second kappa shape index (κ2) is 7.88. The van der Waals surface area contributed by atoms with E-state index in [1.54, 1.807) is 6.20 Å². The van der Waals surface area contributed by atoms with Crippen molar-refractivity contribution in [3.05, 3.63) is 42.9 Å². The minimum absolute atomic E-state index is 0.107. The highest BCUT2D eigenvalue weighted by molar-refractivity contribution is 5.74. The molecule has 162 valence electrons. The number of phenols is 1. The quantitative estimate of drug-likeness (QED) is 0.592. The third-order valence-corrected chi connectivity index (χ3v) is 6.44. The third-order valence-electron chi connectivity index (χ3n) is 6.44. The van der Waals surface area contributed by atoms with Crippen LogP contribution in [0.25, 0.3) is 22.5 Å².